The minimum atomic E-state index is 0.0510. The maximum absolute atomic E-state index is 12.3. The first-order valence-corrected chi connectivity index (χ1v) is 7.56. The molecule has 0 radical (unpaired) electrons. The highest BCUT2D eigenvalue weighted by Crippen LogP contribution is 2.20. The third-order valence-corrected chi connectivity index (χ3v) is 4.01. The Labute approximate surface area is 131 Å². The van der Waals surface area contributed by atoms with E-state index in [0.717, 1.165) is 23.2 Å². The molecule has 3 rings (SSSR count). The van der Waals surface area contributed by atoms with Crippen LogP contribution in [0.15, 0.2) is 35.3 Å². The lowest BCUT2D eigenvalue weighted by Gasteiger charge is -2.35. The van der Waals surface area contributed by atoms with Crippen molar-refractivity contribution in [3.63, 3.8) is 0 Å². The van der Waals surface area contributed by atoms with Gasteiger partial charge in [-0.15, -0.1) is 0 Å². The molecule has 0 atom stereocenters. The van der Waals surface area contributed by atoms with E-state index < -0.39 is 0 Å². The van der Waals surface area contributed by atoms with Gasteiger partial charge in [0.05, 0.1) is 23.6 Å². The van der Waals surface area contributed by atoms with Crippen molar-refractivity contribution >= 4 is 27.5 Å². The molecule has 3 heterocycles. The number of carbonyl (C=O) groups is 1. The average molecular weight is 350 g/mol. The third kappa shape index (κ3) is 3.07. The first-order valence-electron chi connectivity index (χ1n) is 6.77. The van der Waals surface area contributed by atoms with Gasteiger partial charge in [-0.1, -0.05) is 0 Å². The molecule has 2 aromatic rings. The van der Waals surface area contributed by atoms with Crippen LogP contribution in [0.25, 0.3) is 0 Å². The van der Waals surface area contributed by atoms with Gasteiger partial charge in [0.25, 0.3) is 5.91 Å². The molecule has 2 aromatic heterocycles. The lowest BCUT2D eigenvalue weighted by molar-refractivity contribution is 0.0746. The molecule has 110 valence electrons. The normalized spacial score (nSPS) is 15.3. The van der Waals surface area contributed by atoms with E-state index in [1.807, 2.05) is 24.2 Å². The summed E-state index contributed by atoms with van der Waals surface area (Å²) in [5, 5.41) is 4.05. The highest BCUT2D eigenvalue weighted by atomic mass is 79.9. The average Bonchev–Trinajstić information content (AvgIpc) is 2.93. The summed E-state index contributed by atoms with van der Waals surface area (Å²) in [5.41, 5.74) is 1.73. The molecule has 0 spiro atoms. The van der Waals surface area contributed by atoms with E-state index in [0.29, 0.717) is 18.7 Å². The minimum Gasteiger partial charge on any atom is -0.367 e. The zero-order valence-corrected chi connectivity index (χ0v) is 13.3. The molecule has 21 heavy (non-hydrogen) atoms. The van der Waals surface area contributed by atoms with Crippen LogP contribution >= 0.6 is 15.9 Å². The van der Waals surface area contributed by atoms with E-state index in [-0.39, 0.29) is 5.91 Å². The molecule has 0 unspecified atom stereocenters. The van der Waals surface area contributed by atoms with Crippen LogP contribution < -0.4 is 4.90 Å². The summed E-state index contributed by atoms with van der Waals surface area (Å²) in [5.74, 6) is 0.0510. The number of aryl methyl sites for hydroxylation is 1. The monoisotopic (exact) mass is 349 g/mol. The number of piperazine rings is 1. The van der Waals surface area contributed by atoms with Crippen molar-refractivity contribution in [1.82, 2.24) is 19.7 Å². The second-order valence-electron chi connectivity index (χ2n) is 5.04. The molecule has 0 aliphatic carbocycles. The van der Waals surface area contributed by atoms with E-state index in [9.17, 15) is 4.79 Å². The van der Waals surface area contributed by atoms with Crippen LogP contribution in [0, 0.1) is 0 Å². The van der Waals surface area contributed by atoms with Crippen molar-refractivity contribution in [2.75, 3.05) is 31.1 Å². The summed E-state index contributed by atoms with van der Waals surface area (Å²) < 4.78 is 2.62. The third-order valence-electron chi connectivity index (χ3n) is 3.57. The molecule has 1 amide bonds. The number of halogens is 1. The molecular weight excluding hydrogens is 334 g/mol. The maximum atomic E-state index is 12.3. The van der Waals surface area contributed by atoms with Gasteiger partial charge in [-0.3, -0.25) is 14.5 Å². The number of carbonyl (C=O) groups excluding carboxylic acids is 1. The minimum absolute atomic E-state index is 0.0510. The van der Waals surface area contributed by atoms with Crippen LogP contribution in [0.3, 0.4) is 0 Å². The fraction of sp³-hybridized carbons (Fsp3) is 0.357. The number of pyridine rings is 1. The summed E-state index contributed by atoms with van der Waals surface area (Å²) in [7, 11) is 1.81. The molecular formula is C14H16BrN5O. The molecule has 6 nitrogen and oxygen atoms in total. The second kappa shape index (κ2) is 5.85. The van der Waals surface area contributed by atoms with Crippen LogP contribution in [0.1, 0.15) is 10.4 Å². The van der Waals surface area contributed by atoms with Crippen molar-refractivity contribution in [3.8, 4) is 0 Å². The van der Waals surface area contributed by atoms with E-state index in [1.165, 1.54) is 0 Å². The maximum Gasteiger partial charge on any atom is 0.257 e. The topological polar surface area (TPSA) is 54.3 Å². The smallest absolute Gasteiger partial charge is 0.257 e. The zero-order valence-electron chi connectivity index (χ0n) is 11.7. The van der Waals surface area contributed by atoms with Crippen molar-refractivity contribution in [2.45, 2.75) is 0 Å². The molecule has 1 fully saturated rings. The van der Waals surface area contributed by atoms with Crippen molar-refractivity contribution in [2.24, 2.45) is 7.05 Å². The van der Waals surface area contributed by atoms with E-state index in [1.54, 1.807) is 23.3 Å². The van der Waals surface area contributed by atoms with Gasteiger partial charge in [-0.2, -0.15) is 5.10 Å². The Hall–Kier alpha value is -1.89. The highest BCUT2D eigenvalue weighted by Gasteiger charge is 2.23. The Morgan fingerprint density at radius 2 is 1.95 bits per heavy atom. The number of anilines is 1. The lowest BCUT2D eigenvalue weighted by atomic mass is 10.2. The predicted molar refractivity (Wildman–Crippen MR) is 83.3 cm³/mol. The largest absolute Gasteiger partial charge is 0.367 e. The number of hydrogen-bond acceptors (Lipinski definition) is 4. The molecule has 7 heteroatoms. The Kier molecular flexibility index (Phi) is 3.92. The van der Waals surface area contributed by atoms with Gasteiger partial charge in [-0.05, 0) is 22.0 Å². The van der Waals surface area contributed by atoms with Crippen LogP contribution in [-0.2, 0) is 7.05 Å². The summed E-state index contributed by atoms with van der Waals surface area (Å²) in [6.45, 7) is 3.04. The molecule has 1 saturated heterocycles. The number of rotatable bonds is 2. The number of nitrogens with zero attached hydrogens (tertiary/aromatic N) is 5. The van der Waals surface area contributed by atoms with E-state index in [2.05, 4.69) is 30.9 Å². The summed E-state index contributed by atoms with van der Waals surface area (Å²) in [6, 6.07) is 2.05. The molecule has 1 aliphatic heterocycles. The van der Waals surface area contributed by atoms with Gasteiger partial charge >= 0.3 is 0 Å². The Bertz CT molecular complexity index is 648. The lowest BCUT2D eigenvalue weighted by Crippen LogP contribution is -2.48. The Balaban J connectivity index is 1.64. The number of hydrogen-bond donors (Lipinski definition) is 0. The van der Waals surface area contributed by atoms with Crippen LogP contribution in [-0.4, -0.2) is 51.8 Å². The molecule has 0 saturated carbocycles. The van der Waals surface area contributed by atoms with Gasteiger partial charge in [0, 0.05) is 50.1 Å². The van der Waals surface area contributed by atoms with Crippen LogP contribution in [0.4, 0.5) is 5.69 Å². The number of amides is 1. The van der Waals surface area contributed by atoms with Crippen LogP contribution in [0.2, 0.25) is 0 Å². The quantitative estimate of drug-likeness (QED) is 0.825. The van der Waals surface area contributed by atoms with Gasteiger partial charge < -0.3 is 9.80 Å². The van der Waals surface area contributed by atoms with Crippen LogP contribution in [0.5, 0.6) is 0 Å². The van der Waals surface area contributed by atoms with Crippen molar-refractivity contribution in [3.05, 3.63) is 40.9 Å². The first-order chi connectivity index (χ1) is 10.1. The highest BCUT2D eigenvalue weighted by molar-refractivity contribution is 9.10. The second-order valence-corrected chi connectivity index (χ2v) is 5.96. The zero-order chi connectivity index (χ0) is 14.8. The standard InChI is InChI=1S/C14H16BrN5O/c1-18-10-11(7-17-18)14(21)20-4-2-19(3-5-20)13-6-12(15)8-16-9-13/h6-10H,2-5H2,1H3. The fourth-order valence-corrected chi connectivity index (χ4v) is 2.81. The van der Waals surface area contributed by atoms with Gasteiger partial charge in [0.1, 0.15) is 0 Å². The predicted octanol–water partition coefficient (Wildman–Crippen LogP) is 1.54. The summed E-state index contributed by atoms with van der Waals surface area (Å²) in [4.78, 5) is 20.6. The van der Waals surface area contributed by atoms with Gasteiger partial charge in [-0.25, -0.2) is 0 Å². The molecule has 0 N–H and O–H groups in total. The van der Waals surface area contributed by atoms with Crippen molar-refractivity contribution < 1.29 is 4.79 Å². The summed E-state index contributed by atoms with van der Waals surface area (Å²) in [6.07, 6.45) is 6.99. The Morgan fingerprint density at radius 1 is 1.19 bits per heavy atom. The fourth-order valence-electron chi connectivity index (χ4n) is 2.46. The molecule has 0 bridgehead atoms. The van der Waals surface area contributed by atoms with Gasteiger partial charge in [0.2, 0.25) is 0 Å². The van der Waals surface area contributed by atoms with E-state index >= 15 is 0 Å². The van der Waals surface area contributed by atoms with Crippen molar-refractivity contribution in [1.29, 1.82) is 0 Å². The molecule has 0 aromatic carbocycles. The van der Waals surface area contributed by atoms with Gasteiger partial charge in [0.15, 0.2) is 0 Å². The first kappa shape index (κ1) is 14.1. The number of aromatic nitrogens is 3. The molecule has 1 aliphatic rings. The Morgan fingerprint density at radius 3 is 2.57 bits per heavy atom. The summed E-state index contributed by atoms with van der Waals surface area (Å²) >= 11 is 3.43. The SMILES string of the molecule is Cn1cc(C(=O)N2CCN(c3cncc(Br)c3)CC2)cn1. The van der Waals surface area contributed by atoms with E-state index in [4.69, 9.17) is 0 Å².